The number of nitrogens with two attached hydrogens (primary N) is 1. The Morgan fingerprint density at radius 2 is 1.86 bits per heavy atom. The molecule has 10 nitrogen and oxygen atoms in total. The molecule has 44 heavy (non-hydrogen) atoms. The zero-order chi connectivity index (χ0) is 31.0. The summed E-state index contributed by atoms with van der Waals surface area (Å²) in [6.45, 7) is 1.88. The Bertz CT molecular complexity index is 1840. The van der Waals surface area contributed by atoms with Gasteiger partial charge in [-0.05, 0) is 53.4 Å². The second-order valence-corrected chi connectivity index (χ2v) is 10.3. The van der Waals surface area contributed by atoms with Crippen LogP contribution in [0, 0.1) is 5.82 Å². The van der Waals surface area contributed by atoms with Crippen molar-refractivity contribution in [1.29, 1.82) is 0 Å². The number of hydrogen-bond acceptors (Lipinski definition) is 8. The first kappa shape index (κ1) is 29.0. The van der Waals surface area contributed by atoms with E-state index in [0.29, 0.717) is 35.8 Å². The Kier molecular flexibility index (Phi) is 7.61. The van der Waals surface area contributed by atoms with E-state index in [2.05, 4.69) is 25.5 Å². The summed E-state index contributed by atoms with van der Waals surface area (Å²) in [5.74, 6) is -1.82. The minimum absolute atomic E-state index is 0.0144. The normalized spacial score (nSPS) is 15.5. The average molecular weight is 608 g/mol. The van der Waals surface area contributed by atoms with Crippen LogP contribution in [-0.4, -0.2) is 55.1 Å². The summed E-state index contributed by atoms with van der Waals surface area (Å²) in [4.78, 5) is 15.1. The fraction of sp³-hybridized carbons (Fsp3) is 0.200. The van der Waals surface area contributed by atoms with Gasteiger partial charge in [0.25, 0.3) is 5.91 Å². The van der Waals surface area contributed by atoms with Crippen LogP contribution in [-0.2, 0) is 12.7 Å². The SMILES string of the molecule is Nc1nnc(-c2cccc(-n3nc(C(=O)Nc4ccc(-c5ccccc5CN5CC[C@@H](O)C5)cc4F)cc3C(F)(F)F)c2)o1. The van der Waals surface area contributed by atoms with E-state index >= 15 is 4.39 Å². The van der Waals surface area contributed by atoms with Crippen molar-refractivity contribution in [3.8, 4) is 28.3 Å². The molecule has 226 valence electrons. The Hall–Kier alpha value is -5.08. The molecule has 1 aliphatic rings. The van der Waals surface area contributed by atoms with Gasteiger partial charge in [-0.1, -0.05) is 41.5 Å². The third kappa shape index (κ3) is 6.02. The molecule has 0 aliphatic carbocycles. The van der Waals surface area contributed by atoms with Crippen LogP contribution in [0.2, 0.25) is 0 Å². The van der Waals surface area contributed by atoms with Crippen LogP contribution in [0.5, 0.6) is 0 Å². The lowest BCUT2D eigenvalue weighted by Gasteiger charge is -2.18. The number of nitrogen functional groups attached to an aromatic ring is 1. The minimum Gasteiger partial charge on any atom is -0.404 e. The molecule has 0 radical (unpaired) electrons. The molecule has 6 rings (SSSR count). The van der Waals surface area contributed by atoms with E-state index in [4.69, 9.17) is 10.2 Å². The number of alkyl halides is 3. The second kappa shape index (κ2) is 11.5. The number of anilines is 2. The fourth-order valence-electron chi connectivity index (χ4n) is 5.12. The lowest BCUT2D eigenvalue weighted by molar-refractivity contribution is -0.142. The van der Waals surface area contributed by atoms with Gasteiger partial charge in [-0.3, -0.25) is 9.69 Å². The summed E-state index contributed by atoms with van der Waals surface area (Å²) in [5, 5.41) is 23.3. The van der Waals surface area contributed by atoms with Gasteiger partial charge in [0, 0.05) is 31.3 Å². The lowest BCUT2D eigenvalue weighted by atomic mass is 9.99. The van der Waals surface area contributed by atoms with E-state index in [1.807, 2.05) is 24.3 Å². The topological polar surface area (TPSA) is 135 Å². The molecule has 1 saturated heterocycles. The maximum absolute atomic E-state index is 15.3. The number of likely N-dealkylation sites (tertiary alicyclic amines) is 1. The van der Waals surface area contributed by atoms with Crippen molar-refractivity contribution in [2.24, 2.45) is 0 Å². The van der Waals surface area contributed by atoms with Crippen molar-refractivity contribution in [2.45, 2.75) is 25.2 Å². The first-order chi connectivity index (χ1) is 21.0. The molecule has 1 amide bonds. The van der Waals surface area contributed by atoms with E-state index in [1.54, 1.807) is 6.07 Å². The smallest absolute Gasteiger partial charge is 0.404 e. The number of rotatable bonds is 7. The van der Waals surface area contributed by atoms with Crippen LogP contribution >= 0.6 is 0 Å². The molecule has 1 fully saturated rings. The van der Waals surface area contributed by atoms with Crippen LogP contribution in [0.25, 0.3) is 28.3 Å². The molecule has 5 aromatic rings. The van der Waals surface area contributed by atoms with Crippen molar-refractivity contribution in [3.05, 3.63) is 95.6 Å². The van der Waals surface area contributed by atoms with Gasteiger partial charge in [0.1, 0.15) is 11.5 Å². The number of halogens is 4. The van der Waals surface area contributed by atoms with Gasteiger partial charge in [0.15, 0.2) is 5.69 Å². The summed E-state index contributed by atoms with van der Waals surface area (Å²) in [6, 6.07) is 17.7. The van der Waals surface area contributed by atoms with E-state index in [9.17, 15) is 23.1 Å². The van der Waals surface area contributed by atoms with Crippen LogP contribution in [0.15, 0.2) is 77.2 Å². The minimum atomic E-state index is -4.87. The maximum Gasteiger partial charge on any atom is 0.433 e. The number of hydrogen-bond donors (Lipinski definition) is 3. The summed E-state index contributed by atoms with van der Waals surface area (Å²) in [6.07, 6.45) is -4.55. The summed E-state index contributed by atoms with van der Waals surface area (Å²) in [5.41, 5.74) is 5.95. The Labute approximate surface area is 247 Å². The zero-order valence-electron chi connectivity index (χ0n) is 22.9. The molecule has 0 spiro atoms. The van der Waals surface area contributed by atoms with Crippen LogP contribution < -0.4 is 11.1 Å². The molecule has 2 aromatic heterocycles. The zero-order valence-corrected chi connectivity index (χ0v) is 22.9. The average Bonchev–Trinajstić information content (AvgIpc) is 3.74. The number of carbonyl (C=O) groups excluding carboxylic acids is 1. The number of aliphatic hydroxyl groups excluding tert-OH is 1. The largest absolute Gasteiger partial charge is 0.433 e. The summed E-state index contributed by atoms with van der Waals surface area (Å²) >= 11 is 0. The molecule has 0 saturated carbocycles. The van der Waals surface area contributed by atoms with Crippen LogP contribution in [0.3, 0.4) is 0 Å². The molecule has 3 aromatic carbocycles. The van der Waals surface area contributed by atoms with Gasteiger partial charge < -0.3 is 20.6 Å². The highest BCUT2D eigenvalue weighted by Crippen LogP contribution is 2.33. The summed E-state index contributed by atoms with van der Waals surface area (Å²) in [7, 11) is 0. The number of aliphatic hydroxyl groups is 1. The first-order valence-electron chi connectivity index (χ1n) is 13.5. The fourth-order valence-corrected chi connectivity index (χ4v) is 5.12. The molecular formula is C30H25F4N7O3. The highest BCUT2D eigenvalue weighted by Gasteiger charge is 2.37. The predicted octanol–water partition coefficient (Wildman–Crippen LogP) is 5.15. The summed E-state index contributed by atoms with van der Waals surface area (Å²) < 4.78 is 62.9. The van der Waals surface area contributed by atoms with E-state index in [0.717, 1.165) is 17.7 Å². The first-order valence-corrected chi connectivity index (χ1v) is 13.5. The molecule has 3 heterocycles. The molecular weight excluding hydrogens is 582 g/mol. The highest BCUT2D eigenvalue weighted by molar-refractivity contribution is 6.03. The van der Waals surface area contributed by atoms with Gasteiger partial charge in [-0.15, -0.1) is 5.10 Å². The van der Waals surface area contributed by atoms with Gasteiger partial charge in [0.2, 0.25) is 5.89 Å². The van der Waals surface area contributed by atoms with Gasteiger partial charge in [0.05, 0.1) is 17.5 Å². The Balaban J connectivity index is 1.25. The predicted molar refractivity (Wildman–Crippen MR) is 152 cm³/mol. The van der Waals surface area contributed by atoms with E-state index in [-0.39, 0.29) is 34.9 Å². The third-order valence-corrected chi connectivity index (χ3v) is 7.20. The van der Waals surface area contributed by atoms with E-state index < -0.39 is 29.3 Å². The lowest BCUT2D eigenvalue weighted by Crippen LogP contribution is -2.21. The van der Waals surface area contributed by atoms with Crippen LogP contribution in [0.4, 0.5) is 29.3 Å². The molecule has 14 heteroatoms. The molecule has 0 unspecified atom stereocenters. The third-order valence-electron chi connectivity index (χ3n) is 7.20. The van der Waals surface area contributed by atoms with Gasteiger partial charge in [-0.25, -0.2) is 9.07 Å². The quantitative estimate of drug-likeness (QED) is 0.216. The number of amides is 1. The van der Waals surface area contributed by atoms with Crippen LogP contribution in [0.1, 0.15) is 28.2 Å². The number of β-amino-alcohol motifs (C(OH)–C–C–N with tert-alkyl or cyclic N) is 1. The number of nitrogens with one attached hydrogen (secondary N) is 1. The van der Waals surface area contributed by atoms with Crippen molar-refractivity contribution in [1.82, 2.24) is 24.9 Å². The van der Waals surface area contributed by atoms with Gasteiger partial charge >= 0.3 is 12.2 Å². The monoisotopic (exact) mass is 607 g/mol. The molecule has 1 aliphatic heterocycles. The molecule has 0 bridgehead atoms. The van der Waals surface area contributed by atoms with Crippen molar-refractivity contribution >= 4 is 17.6 Å². The maximum atomic E-state index is 15.3. The molecule has 1 atom stereocenters. The Morgan fingerprint density at radius 1 is 1.05 bits per heavy atom. The standard InChI is InChI=1S/C30H25F4N7O3/c31-23-13-17(22-7-2-1-4-19(22)15-40-11-10-21(42)16-40)8-9-24(23)36-27(43)25-14-26(30(32,33)34)41(39-25)20-6-3-5-18(12-20)28-37-38-29(35)44-28/h1-9,12-14,21,42H,10-11,15-16H2,(H2,35,38)(H,36,43)/t21-/m1/s1. The number of carbonyl (C=O) groups is 1. The Morgan fingerprint density at radius 3 is 2.57 bits per heavy atom. The van der Waals surface area contributed by atoms with E-state index in [1.165, 1.54) is 36.4 Å². The highest BCUT2D eigenvalue weighted by atomic mass is 19.4. The number of aromatic nitrogens is 4. The van der Waals surface area contributed by atoms with Crippen molar-refractivity contribution in [3.63, 3.8) is 0 Å². The van der Waals surface area contributed by atoms with Crippen molar-refractivity contribution in [2.75, 3.05) is 24.1 Å². The van der Waals surface area contributed by atoms with Crippen molar-refractivity contribution < 1.29 is 31.9 Å². The molecule has 4 N–H and O–H groups in total. The number of benzene rings is 3. The number of nitrogens with zero attached hydrogens (tertiary/aromatic N) is 5. The van der Waals surface area contributed by atoms with Gasteiger partial charge in [-0.2, -0.15) is 18.3 Å². The second-order valence-electron chi connectivity index (χ2n) is 10.3.